The predicted octanol–water partition coefficient (Wildman–Crippen LogP) is 5.11. The van der Waals surface area contributed by atoms with Gasteiger partial charge in [-0.15, -0.1) is 0 Å². The second-order valence-corrected chi connectivity index (χ2v) is 7.22. The summed E-state index contributed by atoms with van der Waals surface area (Å²) >= 11 is 0. The van der Waals surface area contributed by atoms with E-state index in [9.17, 15) is 4.79 Å². The number of nitrogens with one attached hydrogen (secondary N) is 1. The fourth-order valence-corrected chi connectivity index (χ4v) is 3.70. The van der Waals surface area contributed by atoms with Crippen LogP contribution < -0.4 is 5.32 Å². The Morgan fingerprint density at radius 1 is 1.07 bits per heavy atom. The minimum absolute atomic E-state index is 0.124. The van der Waals surface area contributed by atoms with Crippen LogP contribution in [0.1, 0.15) is 42.3 Å². The Kier molecular flexibility index (Phi) is 5.10. The largest absolute Gasteiger partial charge is 0.337 e. The van der Waals surface area contributed by atoms with Crippen LogP contribution in [0.4, 0.5) is 10.5 Å². The molecule has 0 aliphatic carbocycles. The van der Waals surface area contributed by atoms with Gasteiger partial charge in [0.2, 0.25) is 11.7 Å². The van der Waals surface area contributed by atoms with Crippen LogP contribution in [-0.2, 0) is 0 Å². The lowest BCUT2D eigenvalue weighted by Crippen LogP contribution is -2.41. The summed E-state index contributed by atoms with van der Waals surface area (Å²) in [4.78, 5) is 19.5. The van der Waals surface area contributed by atoms with E-state index in [0.29, 0.717) is 18.3 Å². The standard InChI is InChI=1S/C22H24N4O2/c1-15-9-8-10-16(2)19(15)23-22(27)26-14-7-6-13-18(26)21-24-20(25-28-21)17-11-4-3-5-12-17/h3-5,8-12,18H,6-7,13-14H2,1-2H3,(H,23,27). The zero-order chi connectivity index (χ0) is 19.5. The third kappa shape index (κ3) is 3.63. The molecular weight excluding hydrogens is 352 g/mol. The number of hydrogen-bond acceptors (Lipinski definition) is 4. The van der Waals surface area contributed by atoms with Crippen molar-refractivity contribution in [1.29, 1.82) is 0 Å². The number of piperidine rings is 1. The molecule has 1 saturated heterocycles. The molecule has 4 rings (SSSR count). The Morgan fingerprint density at radius 3 is 2.57 bits per heavy atom. The van der Waals surface area contributed by atoms with Crippen LogP contribution in [0, 0.1) is 13.8 Å². The monoisotopic (exact) mass is 376 g/mol. The molecule has 1 atom stereocenters. The number of hydrogen-bond donors (Lipinski definition) is 1. The van der Waals surface area contributed by atoms with Gasteiger partial charge in [0.25, 0.3) is 0 Å². The van der Waals surface area contributed by atoms with Crippen LogP contribution >= 0.6 is 0 Å². The number of rotatable bonds is 3. The van der Waals surface area contributed by atoms with Gasteiger partial charge in [0.15, 0.2) is 0 Å². The van der Waals surface area contributed by atoms with Gasteiger partial charge >= 0.3 is 6.03 Å². The molecule has 144 valence electrons. The molecular formula is C22H24N4O2. The number of benzene rings is 2. The molecule has 0 spiro atoms. The van der Waals surface area contributed by atoms with E-state index in [0.717, 1.165) is 41.6 Å². The number of amides is 2. The number of carbonyl (C=O) groups is 1. The quantitative estimate of drug-likeness (QED) is 0.689. The van der Waals surface area contributed by atoms with Crippen molar-refractivity contribution < 1.29 is 9.32 Å². The highest BCUT2D eigenvalue weighted by atomic mass is 16.5. The summed E-state index contributed by atoms with van der Waals surface area (Å²) in [5, 5.41) is 7.21. The summed E-state index contributed by atoms with van der Waals surface area (Å²) in [6, 6.07) is 15.4. The SMILES string of the molecule is Cc1cccc(C)c1NC(=O)N1CCCCC1c1nc(-c2ccccc2)no1. The van der Waals surface area contributed by atoms with E-state index in [4.69, 9.17) is 4.52 Å². The van der Waals surface area contributed by atoms with Gasteiger partial charge in [-0.25, -0.2) is 4.79 Å². The van der Waals surface area contributed by atoms with Crippen molar-refractivity contribution >= 4 is 11.7 Å². The van der Waals surface area contributed by atoms with Gasteiger partial charge in [-0.05, 0) is 44.2 Å². The zero-order valence-electron chi connectivity index (χ0n) is 16.2. The minimum Gasteiger partial charge on any atom is -0.337 e. The van der Waals surface area contributed by atoms with E-state index in [1.54, 1.807) is 0 Å². The van der Waals surface area contributed by atoms with E-state index >= 15 is 0 Å². The molecule has 1 fully saturated rings. The molecule has 1 aliphatic heterocycles. The maximum atomic E-state index is 13.1. The van der Waals surface area contributed by atoms with Crippen LogP contribution in [0.3, 0.4) is 0 Å². The van der Waals surface area contributed by atoms with E-state index in [2.05, 4.69) is 15.5 Å². The molecule has 2 aromatic carbocycles. The summed E-state index contributed by atoms with van der Waals surface area (Å²) in [7, 11) is 0. The maximum absolute atomic E-state index is 13.1. The first kappa shape index (κ1) is 18.2. The smallest absolute Gasteiger partial charge is 0.322 e. The van der Waals surface area contributed by atoms with Crippen LogP contribution in [-0.4, -0.2) is 27.6 Å². The average Bonchev–Trinajstić information content (AvgIpc) is 3.21. The number of aryl methyl sites for hydroxylation is 2. The van der Waals surface area contributed by atoms with Crippen LogP contribution in [0.25, 0.3) is 11.4 Å². The lowest BCUT2D eigenvalue weighted by Gasteiger charge is -2.33. The molecule has 2 heterocycles. The van der Waals surface area contributed by atoms with Crippen molar-refractivity contribution in [3.05, 3.63) is 65.5 Å². The first-order chi connectivity index (χ1) is 13.6. The van der Waals surface area contributed by atoms with Crippen molar-refractivity contribution in [2.75, 3.05) is 11.9 Å². The summed E-state index contributed by atoms with van der Waals surface area (Å²) in [6.45, 7) is 4.67. The minimum atomic E-state index is -0.206. The highest BCUT2D eigenvalue weighted by Gasteiger charge is 2.32. The molecule has 0 radical (unpaired) electrons. The number of nitrogens with zero attached hydrogens (tertiary/aromatic N) is 3. The predicted molar refractivity (Wildman–Crippen MR) is 108 cm³/mol. The van der Waals surface area contributed by atoms with E-state index in [1.165, 1.54) is 0 Å². The Morgan fingerprint density at radius 2 is 1.82 bits per heavy atom. The molecule has 1 N–H and O–H groups in total. The molecule has 0 bridgehead atoms. The van der Waals surface area contributed by atoms with Gasteiger partial charge in [0, 0.05) is 17.8 Å². The molecule has 28 heavy (non-hydrogen) atoms. The zero-order valence-corrected chi connectivity index (χ0v) is 16.2. The normalized spacial score (nSPS) is 16.8. The van der Waals surface area contributed by atoms with Gasteiger partial charge in [-0.1, -0.05) is 53.7 Å². The van der Waals surface area contributed by atoms with Crippen LogP contribution in [0.5, 0.6) is 0 Å². The van der Waals surface area contributed by atoms with Gasteiger partial charge in [-0.2, -0.15) is 4.98 Å². The average molecular weight is 376 g/mol. The number of para-hydroxylation sites is 1. The number of aromatic nitrogens is 2. The highest BCUT2D eigenvalue weighted by Crippen LogP contribution is 2.32. The number of anilines is 1. The summed E-state index contributed by atoms with van der Waals surface area (Å²) < 4.78 is 5.55. The Balaban J connectivity index is 1.57. The Hall–Kier alpha value is -3.15. The van der Waals surface area contributed by atoms with Gasteiger partial charge in [0.05, 0.1) is 0 Å². The van der Waals surface area contributed by atoms with Crippen molar-refractivity contribution in [2.45, 2.75) is 39.2 Å². The van der Waals surface area contributed by atoms with Gasteiger partial charge in [0.1, 0.15) is 6.04 Å². The number of carbonyl (C=O) groups excluding carboxylic acids is 1. The Bertz CT molecular complexity index is 947. The third-order valence-corrected chi connectivity index (χ3v) is 5.24. The fourth-order valence-electron chi connectivity index (χ4n) is 3.70. The Labute approximate surface area is 164 Å². The first-order valence-corrected chi connectivity index (χ1v) is 9.66. The second-order valence-electron chi connectivity index (χ2n) is 7.22. The van der Waals surface area contributed by atoms with Gasteiger partial charge in [-0.3, -0.25) is 0 Å². The topological polar surface area (TPSA) is 71.3 Å². The van der Waals surface area contributed by atoms with E-state index in [-0.39, 0.29) is 12.1 Å². The number of urea groups is 1. The van der Waals surface area contributed by atoms with Crippen molar-refractivity contribution in [3.63, 3.8) is 0 Å². The first-order valence-electron chi connectivity index (χ1n) is 9.66. The molecule has 3 aromatic rings. The third-order valence-electron chi connectivity index (χ3n) is 5.24. The molecule has 6 heteroatoms. The summed E-state index contributed by atoms with van der Waals surface area (Å²) in [6.07, 6.45) is 2.81. The molecule has 1 unspecified atom stereocenters. The molecule has 0 saturated carbocycles. The van der Waals surface area contributed by atoms with E-state index < -0.39 is 0 Å². The molecule has 2 amide bonds. The van der Waals surface area contributed by atoms with Crippen LogP contribution in [0.2, 0.25) is 0 Å². The molecule has 6 nitrogen and oxygen atoms in total. The summed E-state index contributed by atoms with van der Waals surface area (Å²) in [5.74, 6) is 1.05. The highest BCUT2D eigenvalue weighted by molar-refractivity contribution is 5.91. The van der Waals surface area contributed by atoms with Crippen LogP contribution in [0.15, 0.2) is 53.1 Å². The van der Waals surface area contributed by atoms with Crippen molar-refractivity contribution in [1.82, 2.24) is 15.0 Å². The number of likely N-dealkylation sites (tertiary alicyclic amines) is 1. The second kappa shape index (κ2) is 7.84. The lowest BCUT2D eigenvalue weighted by molar-refractivity contribution is 0.142. The summed E-state index contributed by atoms with van der Waals surface area (Å²) in [5.41, 5.74) is 3.87. The van der Waals surface area contributed by atoms with Crippen molar-refractivity contribution in [3.8, 4) is 11.4 Å². The lowest BCUT2D eigenvalue weighted by atomic mass is 10.0. The van der Waals surface area contributed by atoms with Gasteiger partial charge < -0.3 is 14.7 Å². The van der Waals surface area contributed by atoms with Crippen molar-refractivity contribution in [2.24, 2.45) is 0 Å². The fraction of sp³-hybridized carbons (Fsp3) is 0.318. The maximum Gasteiger partial charge on any atom is 0.322 e. The van der Waals surface area contributed by atoms with E-state index in [1.807, 2.05) is 67.3 Å². The molecule has 1 aliphatic rings. The molecule has 1 aromatic heterocycles.